The fourth-order valence-electron chi connectivity index (χ4n) is 10.1. The van der Waals surface area contributed by atoms with E-state index >= 15 is 0 Å². The Morgan fingerprint density at radius 2 is 0.607 bits per heavy atom. The third kappa shape index (κ3) is 64.1. The van der Waals surface area contributed by atoms with E-state index in [0.29, 0.717) is 31.6 Å². The van der Waals surface area contributed by atoms with Crippen molar-refractivity contribution in [2.24, 2.45) is 11.8 Å². The average molecular weight is 1310 g/mol. The molecule has 0 aromatic rings. The number of phosphoric ester groups is 2. The summed E-state index contributed by atoms with van der Waals surface area (Å²) in [5.41, 5.74) is 0. The van der Waals surface area contributed by atoms with Crippen LogP contribution in [-0.2, 0) is 65.4 Å². The van der Waals surface area contributed by atoms with Crippen molar-refractivity contribution in [1.82, 2.24) is 0 Å². The number of allylic oxidation sites excluding steroid dienone is 4. The summed E-state index contributed by atoms with van der Waals surface area (Å²) in [5.74, 6) is -0.695. The van der Waals surface area contributed by atoms with E-state index in [-0.39, 0.29) is 25.7 Å². The lowest BCUT2D eigenvalue weighted by Crippen LogP contribution is -2.30. The predicted molar refractivity (Wildman–Crippen MR) is 358 cm³/mol. The Morgan fingerprint density at radius 3 is 0.921 bits per heavy atom. The lowest BCUT2D eigenvalue weighted by molar-refractivity contribution is -0.161. The SMILES string of the molecule is CCCCCC/C=C\C=C/CCCCCCCC(=O)O[C@H](COC(=O)CCCCCCCCCCCCCC(C)C)COP(=O)(O)OC[C@@H](O)COP(=O)(O)OC[C@@H](COC(=O)CCCCCCCCCCCC)OC(=O)CCCCCCCCCC(C)C. The molecule has 524 valence electrons. The Labute approximate surface area is 542 Å². The van der Waals surface area contributed by atoms with Gasteiger partial charge in [-0.25, -0.2) is 9.13 Å². The van der Waals surface area contributed by atoms with Gasteiger partial charge >= 0.3 is 39.5 Å². The zero-order valence-electron chi connectivity index (χ0n) is 57.2. The minimum atomic E-state index is -4.96. The van der Waals surface area contributed by atoms with Gasteiger partial charge in [0.05, 0.1) is 26.4 Å². The van der Waals surface area contributed by atoms with Crippen LogP contribution >= 0.6 is 15.6 Å². The molecule has 5 atom stereocenters. The smallest absolute Gasteiger partial charge is 0.462 e. The second kappa shape index (κ2) is 61.7. The highest BCUT2D eigenvalue weighted by Crippen LogP contribution is 2.45. The van der Waals surface area contributed by atoms with Crippen LogP contribution in [0.5, 0.6) is 0 Å². The topological polar surface area (TPSA) is 237 Å². The number of esters is 4. The molecule has 0 amide bonds. The highest BCUT2D eigenvalue weighted by atomic mass is 31.2. The number of unbranched alkanes of at least 4 members (excludes halogenated alkanes) is 34. The number of hydrogen-bond donors (Lipinski definition) is 3. The highest BCUT2D eigenvalue weighted by Gasteiger charge is 2.30. The molecule has 0 aliphatic heterocycles. The molecular formula is C70H132O17P2. The Balaban J connectivity index is 5.28. The molecule has 19 heteroatoms. The van der Waals surface area contributed by atoms with E-state index in [1.54, 1.807) is 0 Å². The minimum absolute atomic E-state index is 0.0847. The first kappa shape index (κ1) is 86.5. The lowest BCUT2D eigenvalue weighted by Gasteiger charge is -2.21. The van der Waals surface area contributed by atoms with E-state index in [0.717, 1.165) is 109 Å². The normalized spacial score (nSPS) is 14.3. The maximum absolute atomic E-state index is 13.0. The summed E-state index contributed by atoms with van der Waals surface area (Å²) in [4.78, 5) is 72.5. The van der Waals surface area contributed by atoms with Gasteiger partial charge in [0.2, 0.25) is 0 Å². The minimum Gasteiger partial charge on any atom is -0.462 e. The molecule has 0 radical (unpaired) electrons. The van der Waals surface area contributed by atoms with Gasteiger partial charge in [-0.05, 0) is 63.2 Å². The van der Waals surface area contributed by atoms with E-state index in [9.17, 15) is 43.2 Å². The van der Waals surface area contributed by atoms with Crippen LogP contribution in [-0.4, -0.2) is 96.7 Å². The molecule has 0 heterocycles. The number of ether oxygens (including phenoxy) is 4. The fourth-order valence-corrected chi connectivity index (χ4v) is 11.6. The summed E-state index contributed by atoms with van der Waals surface area (Å²) >= 11 is 0. The zero-order chi connectivity index (χ0) is 65.7. The molecule has 0 aliphatic rings. The zero-order valence-corrected chi connectivity index (χ0v) is 59.0. The van der Waals surface area contributed by atoms with E-state index in [4.69, 9.17) is 37.0 Å². The van der Waals surface area contributed by atoms with Crippen LogP contribution in [0.2, 0.25) is 0 Å². The average Bonchev–Trinajstić information content (AvgIpc) is 3.56. The van der Waals surface area contributed by atoms with E-state index in [1.165, 1.54) is 135 Å². The van der Waals surface area contributed by atoms with Gasteiger partial charge in [-0.2, -0.15) is 0 Å². The van der Waals surface area contributed by atoms with Crippen molar-refractivity contribution >= 4 is 39.5 Å². The quantitative estimate of drug-likeness (QED) is 0.0169. The number of carbonyl (C=O) groups is 4. The highest BCUT2D eigenvalue weighted by molar-refractivity contribution is 7.47. The van der Waals surface area contributed by atoms with Crippen LogP contribution in [0.25, 0.3) is 0 Å². The van der Waals surface area contributed by atoms with Crippen LogP contribution in [0.3, 0.4) is 0 Å². The Morgan fingerprint density at radius 1 is 0.348 bits per heavy atom. The first-order valence-corrected chi connectivity index (χ1v) is 38.8. The van der Waals surface area contributed by atoms with Gasteiger partial charge < -0.3 is 33.8 Å². The Kier molecular flexibility index (Phi) is 60.0. The van der Waals surface area contributed by atoms with Crippen molar-refractivity contribution in [1.29, 1.82) is 0 Å². The van der Waals surface area contributed by atoms with Crippen LogP contribution in [0.4, 0.5) is 0 Å². The van der Waals surface area contributed by atoms with Crippen molar-refractivity contribution in [3.63, 3.8) is 0 Å². The van der Waals surface area contributed by atoms with Gasteiger partial charge in [-0.15, -0.1) is 0 Å². The first-order valence-electron chi connectivity index (χ1n) is 35.8. The van der Waals surface area contributed by atoms with Crippen molar-refractivity contribution < 1.29 is 80.2 Å². The third-order valence-corrected chi connectivity index (χ3v) is 17.5. The Hall–Kier alpha value is -2.46. The van der Waals surface area contributed by atoms with Crippen molar-refractivity contribution in [2.45, 2.75) is 349 Å². The number of aliphatic hydroxyl groups is 1. The van der Waals surface area contributed by atoms with E-state index in [2.05, 4.69) is 65.8 Å². The van der Waals surface area contributed by atoms with Crippen LogP contribution < -0.4 is 0 Å². The summed E-state index contributed by atoms with van der Waals surface area (Å²) in [6.45, 7) is 9.41. The largest absolute Gasteiger partial charge is 0.472 e. The maximum atomic E-state index is 13.0. The standard InChI is InChI=1S/C70H132O17P2/c1-7-9-11-13-15-17-19-20-21-22-25-30-36-42-48-54-69(74)86-65(58-81-68(73)53-47-41-35-29-26-23-24-27-32-38-44-50-62(3)4)60-84-88(76,77)82-56-64(71)57-83-89(78,79)85-61-66(87-70(75)55-49-43-37-31-33-39-45-51-63(5)6)59-80-67(72)52-46-40-34-28-18-16-14-12-10-8-2/h17,19-21,62-66,71H,7-16,18,22-61H2,1-6H3,(H,76,77)(H,78,79)/b19-17-,21-20-/t64-,65-,66-/m1/s1. The van der Waals surface area contributed by atoms with Gasteiger partial charge in [0.15, 0.2) is 12.2 Å². The molecule has 0 rings (SSSR count). The fraction of sp³-hybridized carbons (Fsp3) is 0.886. The molecule has 0 aromatic heterocycles. The molecule has 0 aromatic carbocycles. The monoisotopic (exact) mass is 1310 g/mol. The van der Waals surface area contributed by atoms with Crippen molar-refractivity contribution in [3.05, 3.63) is 24.3 Å². The van der Waals surface area contributed by atoms with E-state index < -0.39 is 97.5 Å². The number of phosphoric acid groups is 2. The Bertz CT molecular complexity index is 1830. The summed E-state index contributed by atoms with van der Waals surface area (Å²) in [6, 6.07) is 0. The summed E-state index contributed by atoms with van der Waals surface area (Å²) in [7, 11) is -9.91. The number of rotatable bonds is 67. The van der Waals surface area contributed by atoms with Crippen LogP contribution in [0, 0.1) is 11.8 Å². The van der Waals surface area contributed by atoms with Crippen molar-refractivity contribution in [3.8, 4) is 0 Å². The van der Waals surface area contributed by atoms with Crippen LogP contribution in [0.15, 0.2) is 24.3 Å². The molecule has 3 N–H and O–H groups in total. The summed E-state index contributed by atoms with van der Waals surface area (Å²) < 4.78 is 68.2. The van der Waals surface area contributed by atoms with Gasteiger partial charge in [0.25, 0.3) is 0 Å². The molecular weight excluding hydrogens is 1170 g/mol. The summed E-state index contributed by atoms with van der Waals surface area (Å²) in [6.07, 6.45) is 49.4. The number of aliphatic hydroxyl groups excluding tert-OH is 1. The molecule has 17 nitrogen and oxygen atoms in total. The van der Waals surface area contributed by atoms with Gasteiger partial charge in [0.1, 0.15) is 19.3 Å². The number of carbonyl (C=O) groups excluding carboxylic acids is 4. The van der Waals surface area contributed by atoms with Gasteiger partial charge in [0, 0.05) is 25.7 Å². The van der Waals surface area contributed by atoms with E-state index in [1.807, 2.05) is 0 Å². The van der Waals surface area contributed by atoms with Crippen molar-refractivity contribution in [2.75, 3.05) is 39.6 Å². The molecule has 89 heavy (non-hydrogen) atoms. The van der Waals surface area contributed by atoms with Gasteiger partial charge in [-0.3, -0.25) is 37.3 Å². The first-order chi connectivity index (χ1) is 42.9. The molecule has 0 saturated heterocycles. The predicted octanol–water partition coefficient (Wildman–Crippen LogP) is 19.5. The molecule has 2 unspecified atom stereocenters. The lowest BCUT2D eigenvalue weighted by atomic mass is 10.0. The molecule has 0 aliphatic carbocycles. The molecule has 0 saturated carbocycles. The molecule has 0 spiro atoms. The molecule has 0 bridgehead atoms. The third-order valence-electron chi connectivity index (χ3n) is 15.6. The second-order valence-electron chi connectivity index (χ2n) is 25.5. The second-order valence-corrected chi connectivity index (χ2v) is 28.4. The number of hydrogen-bond acceptors (Lipinski definition) is 15. The van der Waals surface area contributed by atoms with Gasteiger partial charge in [-0.1, -0.05) is 278 Å². The molecule has 0 fully saturated rings. The maximum Gasteiger partial charge on any atom is 0.472 e. The van der Waals surface area contributed by atoms with Crippen LogP contribution in [0.1, 0.15) is 330 Å². The summed E-state index contributed by atoms with van der Waals surface area (Å²) in [5, 5.41) is 10.6.